The number of carbonyl (C=O) groups excluding carboxylic acids is 1. The summed E-state index contributed by atoms with van der Waals surface area (Å²) in [6.45, 7) is 4.30. The van der Waals surface area contributed by atoms with Crippen LogP contribution in [-0.2, 0) is 9.53 Å². The van der Waals surface area contributed by atoms with Crippen molar-refractivity contribution in [3.8, 4) is 0 Å². The molecule has 2 nitrogen and oxygen atoms in total. The molecule has 57 valence electrons. The van der Waals surface area contributed by atoms with Gasteiger partial charge in [0.1, 0.15) is 5.25 Å². The van der Waals surface area contributed by atoms with Gasteiger partial charge in [-0.15, -0.1) is 11.8 Å². The van der Waals surface area contributed by atoms with Crippen molar-refractivity contribution in [2.75, 3.05) is 12.4 Å². The molecule has 0 N–H and O–H groups in total. The molecule has 0 spiro atoms. The Morgan fingerprint density at radius 1 is 1.80 bits per heavy atom. The van der Waals surface area contributed by atoms with E-state index < -0.39 is 0 Å². The van der Waals surface area contributed by atoms with E-state index in [-0.39, 0.29) is 11.2 Å². The molecular formula is C7H11O2S. The van der Waals surface area contributed by atoms with E-state index in [4.69, 9.17) is 4.74 Å². The molecule has 1 saturated heterocycles. The van der Waals surface area contributed by atoms with Gasteiger partial charge in [-0.3, -0.25) is 4.79 Å². The number of carbonyl (C=O) groups is 1. The smallest absolute Gasteiger partial charge is 0.319 e. The predicted molar refractivity (Wildman–Crippen MR) is 41.8 cm³/mol. The molecule has 3 heteroatoms. The Morgan fingerprint density at radius 2 is 2.60 bits per heavy atom. The average Bonchev–Trinajstić information content (AvgIpc) is 2.31. The lowest BCUT2D eigenvalue weighted by Crippen LogP contribution is -2.09. The van der Waals surface area contributed by atoms with Crippen LogP contribution in [0.3, 0.4) is 0 Å². The van der Waals surface area contributed by atoms with E-state index in [0.717, 1.165) is 18.6 Å². The summed E-state index contributed by atoms with van der Waals surface area (Å²) in [7, 11) is 0. The topological polar surface area (TPSA) is 26.3 Å². The Bertz CT molecular complexity index is 125. The summed E-state index contributed by atoms with van der Waals surface area (Å²) >= 11 is 1.66. The van der Waals surface area contributed by atoms with Crippen molar-refractivity contribution in [1.82, 2.24) is 0 Å². The summed E-state index contributed by atoms with van der Waals surface area (Å²) in [5, 5.41) is 0.0988. The van der Waals surface area contributed by atoms with Crippen LogP contribution in [0, 0.1) is 6.92 Å². The zero-order valence-corrected chi connectivity index (χ0v) is 6.65. The van der Waals surface area contributed by atoms with Crippen LogP contribution in [0.2, 0.25) is 0 Å². The molecule has 0 aromatic carbocycles. The van der Waals surface area contributed by atoms with Gasteiger partial charge in [0.2, 0.25) is 0 Å². The van der Waals surface area contributed by atoms with Gasteiger partial charge >= 0.3 is 5.97 Å². The highest BCUT2D eigenvalue weighted by molar-refractivity contribution is 8.00. The fraction of sp³-hybridized carbons (Fsp3) is 0.714. The molecule has 1 aliphatic rings. The van der Waals surface area contributed by atoms with Crippen molar-refractivity contribution in [2.45, 2.75) is 18.1 Å². The molecule has 0 amide bonds. The number of hydrogen-bond acceptors (Lipinski definition) is 3. The van der Waals surface area contributed by atoms with Crippen LogP contribution in [-0.4, -0.2) is 23.6 Å². The molecule has 0 saturated carbocycles. The SMILES string of the molecule is [CH2]CCSC1CCOC1=O. The van der Waals surface area contributed by atoms with E-state index in [1.165, 1.54) is 0 Å². The van der Waals surface area contributed by atoms with Crippen molar-refractivity contribution in [1.29, 1.82) is 0 Å². The Balaban J connectivity index is 2.20. The standard InChI is InChI=1S/C7H11O2S/c1-2-5-10-6-3-4-9-7(6)8/h6H,1-5H2. The van der Waals surface area contributed by atoms with Gasteiger partial charge in [0.25, 0.3) is 0 Å². The van der Waals surface area contributed by atoms with Gasteiger partial charge in [-0.1, -0.05) is 6.92 Å². The highest BCUT2D eigenvalue weighted by Gasteiger charge is 2.25. The quantitative estimate of drug-likeness (QED) is 0.580. The molecule has 1 rings (SSSR count). The molecule has 1 heterocycles. The summed E-state index contributed by atoms with van der Waals surface area (Å²) in [6.07, 6.45) is 1.76. The lowest BCUT2D eigenvalue weighted by Gasteiger charge is -2.01. The minimum atomic E-state index is -0.0431. The first-order valence-electron chi connectivity index (χ1n) is 3.42. The van der Waals surface area contributed by atoms with Crippen LogP contribution in [0.15, 0.2) is 0 Å². The van der Waals surface area contributed by atoms with Crippen molar-refractivity contribution >= 4 is 17.7 Å². The minimum Gasteiger partial charge on any atom is -0.465 e. The largest absolute Gasteiger partial charge is 0.465 e. The molecule has 0 bridgehead atoms. The van der Waals surface area contributed by atoms with Crippen molar-refractivity contribution in [3.05, 3.63) is 6.92 Å². The van der Waals surface area contributed by atoms with Crippen LogP contribution in [0.25, 0.3) is 0 Å². The van der Waals surface area contributed by atoms with E-state index in [1.807, 2.05) is 0 Å². The molecule has 10 heavy (non-hydrogen) atoms. The molecule has 1 aliphatic heterocycles. The lowest BCUT2D eigenvalue weighted by molar-refractivity contribution is -0.137. The van der Waals surface area contributed by atoms with Gasteiger partial charge in [-0.05, 0) is 12.2 Å². The van der Waals surface area contributed by atoms with Crippen LogP contribution >= 0.6 is 11.8 Å². The molecular weight excluding hydrogens is 148 g/mol. The number of esters is 1. The van der Waals surface area contributed by atoms with Crippen LogP contribution in [0.4, 0.5) is 0 Å². The molecule has 0 aromatic heterocycles. The summed E-state index contributed by atoms with van der Waals surface area (Å²) in [6, 6.07) is 0. The molecule has 1 atom stereocenters. The number of thioether (sulfide) groups is 1. The van der Waals surface area contributed by atoms with Crippen molar-refractivity contribution in [2.24, 2.45) is 0 Å². The Hall–Kier alpha value is -0.180. The van der Waals surface area contributed by atoms with E-state index >= 15 is 0 Å². The maximum atomic E-state index is 10.8. The third-order valence-electron chi connectivity index (χ3n) is 1.35. The maximum absolute atomic E-state index is 10.8. The third-order valence-corrected chi connectivity index (χ3v) is 2.71. The Morgan fingerprint density at radius 3 is 3.10 bits per heavy atom. The number of hydrogen-bond donors (Lipinski definition) is 0. The summed E-state index contributed by atoms with van der Waals surface area (Å²) in [5.41, 5.74) is 0. The first-order valence-corrected chi connectivity index (χ1v) is 4.47. The second kappa shape index (κ2) is 3.86. The van der Waals surface area contributed by atoms with Crippen molar-refractivity contribution < 1.29 is 9.53 Å². The lowest BCUT2D eigenvalue weighted by atomic mass is 10.4. The van der Waals surface area contributed by atoms with Crippen molar-refractivity contribution in [3.63, 3.8) is 0 Å². The average molecular weight is 159 g/mol. The zero-order chi connectivity index (χ0) is 7.40. The summed E-state index contributed by atoms with van der Waals surface area (Å²) in [5.74, 6) is 0.915. The fourth-order valence-electron chi connectivity index (χ4n) is 0.854. The number of rotatable bonds is 3. The normalized spacial score (nSPS) is 24.9. The van der Waals surface area contributed by atoms with Gasteiger partial charge in [0.05, 0.1) is 6.61 Å². The summed E-state index contributed by atoms with van der Waals surface area (Å²) < 4.78 is 4.78. The molecule has 0 aliphatic carbocycles. The minimum absolute atomic E-state index is 0.0431. The highest BCUT2D eigenvalue weighted by Crippen LogP contribution is 2.21. The number of ether oxygens (including phenoxy) is 1. The van der Waals surface area contributed by atoms with Gasteiger partial charge in [-0.2, -0.15) is 0 Å². The second-order valence-corrected chi connectivity index (χ2v) is 3.48. The Labute approximate surface area is 65.3 Å². The monoisotopic (exact) mass is 159 g/mol. The predicted octanol–water partition coefficient (Wildman–Crippen LogP) is 1.26. The number of cyclic esters (lactones) is 1. The van der Waals surface area contributed by atoms with E-state index in [9.17, 15) is 4.79 Å². The van der Waals surface area contributed by atoms with Crippen LogP contribution < -0.4 is 0 Å². The van der Waals surface area contributed by atoms with E-state index in [0.29, 0.717) is 6.61 Å². The fourth-order valence-corrected chi connectivity index (χ4v) is 1.77. The zero-order valence-electron chi connectivity index (χ0n) is 5.84. The second-order valence-electron chi connectivity index (χ2n) is 2.17. The van der Waals surface area contributed by atoms with Gasteiger partial charge in [-0.25, -0.2) is 0 Å². The van der Waals surface area contributed by atoms with Crippen LogP contribution in [0.5, 0.6) is 0 Å². The van der Waals surface area contributed by atoms with Gasteiger partial charge in [0.15, 0.2) is 0 Å². The van der Waals surface area contributed by atoms with Gasteiger partial charge < -0.3 is 4.74 Å². The molecule has 0 aromatic rings. The molecule has 1 radical (unpaired) electrons. The highest BCUT2D eigenvalue weighted by atomic mass is 32.2. The Kier molecular flexibility index (Phi) is 3.06. The van der Waals surface area contributed by atoms with E-state index in [2.05, 4.69) is 6.92 Å². The first kappa shape index (κ1) is 7.92. The maximum Gasteiger partial charge on any atom is 0.319 e. The molecule has 1 unspecified atom stereocenters. The summed E-state index contributed by atoms with van der Waals surface area (Å²) in [4.78, 5) is 10.8. The first-order chi connectivity index (χ1) is 4.84. The van der Waals surface area contributed by atoms with E-state index in [1.54, 1.807) is 11.8 Å². The molecule has 1 fully saturated rings. The van der Waals surface area contributed by atoms with Gasteiger partial charge in [0, 0.05) is 6.42 Å². The third kappa shape index (κ3) is 1.90. The van der Waals surface area contributed by atoms with Crippen LogP contribution in [0.1, 0.15) is 12.8 Å².